The summed E-state index contributed by atoms with van der Waals surface area (Å²) in [4.78, 5) is 10.7. The van der Waals surface area contributed by atoms with Gasteiger partial charge in [0.2, 0.25) is 10.0 Å². The van der Waals surface area contributed by atoms with E-state index in [9.17, 15) is 17.6 Å². The largest absolute Gasteiger partial charge is 0.478 e. The van der Waals surface area contributed by atoms with Crippen LogP contribution in [0.3, 0.4) is 0 Å². The molecule has 0 aliphatic carbocycles. The van der Waals surface area contributed by atoms with Crippen LogP contribution in [0.2, 0.25) is 0 Å². The highest BCUT2D eigenvalue weighted by Gasteiger charge is 2.27. The number of carboxylic acids is 1. The van der Waals surface area contributed by atoms with Crippen LogP contribution >= 0.6 is 0 Å². The van der Waals surface area contributed by atoms with Crippen LogP contribution in [0, 0.1) is 5.82 Å². The van der Waals surface area contributed by atoms with Crippen molar-refractivity contribution >= 4 is 16.0 Å². The lowest BCUT2D eigenvalue weighted by Gasteiger charge is -2.25. The average molecular weight is 299 g/mol. The number of halogens is 1. The van der Waals surface area contributed by atoms with Crippen molar-refractivity contribution in [2.75, 3.05) is 13.1 Å². The zero-order chi connectivity index (χ0) is 14.9. The zero-order valence-electron chi connectivity index (χ0n) is 10.8. The van der Waals surface area contributed by atoms with Gasteiger partial charge in [-0.2, -0.15) is 4.31 Å². The van der Waals surface area contributed by atoms with Gasteiger partial charge in [-0.05, 0) is 31.5 Å². The molecule has 0 bridgehead atoms. The van der Waals surface area contributed by atoms with Crippen LogP contribution in [0.4, 0.5) is 4.39 Å². The minimum absolute atomic E-state index is 0.203. The third kappa shape index (κ3) is 2.73. The summed E-state index contributed by atoms with van der Waals surface area (Å²) >= 11 is 0. The van der Waals surface area contributed by atoms with Gasteiger partial charge in [0.25, 0.3) is 0 Å². The van der Waals surface area contributed by atoms with Crippen molar-refractivity contribution in [2.24, 2.45) is 0 Å². The Labute approximate surface area is 116 Å². The van der Waals surface area contributed by atoms with E-state index in [-0.39, 0.29) is 11.4 Å². The fourth-order valence-corrected chi connectivity index (χ4v) is 3.58. The first-order chi connectivity index (χ1) is 9.32. The van der Waals surface area contributed by atoms with Crippen LogP contribution in [0.1, 0.15) is 23.7 Å². The molecule has 108 valence electrons. The van der Waals surface area contributed by atoms with Gasteiger partial charge in [-0.25, -0.2) is 17.6 Å². The third-order valence-electron chi connectivity index (χ3n) is 3.10. The predicted octanol–water partition coefficient (Wildman–Crippen LogP) is 1.86. The highest BCUT2D eigenvalue weighted by Crippen LogP contribution is 2.22. The summed E-state index contributed by atoms with van der Waals surface area (Å²) in [5.74, 6) is -2.44. The Balaban J connectivity index is 2.42. The summed E-state index contributed by atoms with van der Waals surface area (Å²) in [5, 5.41) is 8.85. The maximum atomic E-state index is 13.3. The molecular formula is C13H14FNO4S. The van der Waals surface area contributed by atoms with Gasteiger partial charge in [-0.15, -0.1) is 0 Å². The minimum Gasteiger partial charge on any atom is -0.478 e. The molecule has 0 saturated carbocycles. The van der Waals surface area contributed by atoms with Crippen LogP contribution in [-0.4, -0.2) is 36.9 Å². The Bertz CT molecular complexity index is 682. The molecule has 1 heterocycles. The van der Waals surface area contributed by atoms with Gasteiger partial charge >= 0.3 is 5.97 Å². The molecule has 1 N–H and O–H groups in total. The van der Waals surface area contributed by atoms with E-state index >= 15 is 0 Å². The lowest BCUT2D eigenvalue weighted by atomic mass is 10.2. The number of aromatic carboxylic acids is 1. The second kappa shape index (κ2) is 5.34. The second-order valence-electron chi connectivity index (χ2n) is 4.62. The molecule has 5 nitrogen and oxygen atoms in total. The van der Waals surface area contributed by atoms with E-state index in [4.69, 9.17) is 5.11 Å². The Hall–Kier alpha value is -1.73. The maximum absolute atomic E-state index is 13.3. The molecule has 1 aromatic carbocycles. The van der Waals surface area contributed by atoms with Gasteiger partial charge in [0.1, 0.15) is 5.82 Å². The highest BCUT2D eigenvalue weighted by atomic mass is 32.2. The molecule has 0 radical (unpaired) electrons. The van der Waals surface area contributed by atoms with E-state index in [0.29, 0.717) is 13.0 Å². The summed E-state index contributed by atoms with van der Waals surface area (Å²) in [6, 6.07) is 2.81. The predicted molar refractivity (Wildman–Crippen MR) is 70.5 cm³/mol. The molecule has 0 atom stereocenters. The topological polar surface area (TPSA) is 74.7 Å². The molecule has 1 aliphatic heterocycles. The van der Waals surface area contributed by atoms with Gasteiger partial charge in [0.15, 0.2) is 0 Å². The number of carboxylic acid groups (broad SMARTS) is 1. The number of hydrogen-bond acceptors (Lipinski definition) is 3. The van der Waals surface area contributed by atoms with E-state index < -0.39 is 27.4 Å². The lowest BCUT2D eigenvalue weighted by Crippen LogP contribution is -2.35. The molecule has 0 saturated heterocycles. The van der Waals surface area contributed by atoms with Crippen molar-refractivity contribution < 1.29 is 22.7 Å². The first kappa shape index (κ1) is 14.7. The summed E-state index contributed by atoms with van der Waals surface area (Å²) in [6.07, 6.45) is 2.57. The van der Waals surface area contributed by atoms with E-state index in [1.54, 1.807) is 0 Å². The number of rotatable bonds is 3. The smallest absolute Gasteiger partial charge is 0.338 e. The van der Waals surface area contributed by atoms with E-state index in [1.807, 2.05) is 13.0 Å². The van der Waals surface area contributed by atoms with Gasteiger partial charge in [-0.1, -0.05) is 11.6 Å². The normalized spacial score (nSPS) is 16.8. The fourth-order valence-electron chi connectivity index (χ4n) is 2.06. The van der Waals surface area contributed by atoms with Crippen molar-refractivity contribution in [2.45, 2.75) is 18.2 Å². The summed E-state index contributed by atoms with van der Waals surface area (Å²) in [5.41, 5.74) is 0.288. The maximum Gasteiger partial charge on any atom is 0.338 e. The Morgan fingerprint density at radius 2 is 2.10 bits per heavy atom. The molecule has 0 spiro atoms. The van der Waals surface area contributed by atoms with Crippen molar-refractivity contribution in [1.29, 1.82) is 0 Å². The molecule has 0 amide bonds. The van der Waals surface area contributed by atoms with E-state index in [1.165, 1.54) is 4.31 Å². The van der Waals surface area contributed by atoms with Crippen molar-refractivity contribution in [3.05, 3.63) is 41.2 Å². The van der Waals surface area contributed by atoms with Crippen LogP contribution in [-0.2, 0) is 10.0 Å². The molecule has 7 heteroatoms. The standard InChI is InChI=1S/C13H14FNO4S/c1-9-3-2-6-15(8-9)20(18,19)10-4-5-12(14)11(7-10)13(16)17/h3-5,7H,2,6,8H2,1H3,(H,16,17). The van der Waals surface area contributed by atoms with Gasteiger partial charge in [-0.3, -0.25) is 0 Å². The molecule has 1 aromatic rings. The highest BCUT2D eigenvalue weighted by molar-refractivity contribution is 7.89. The third-order valence-corrected chi connectivity index (χ3v) is 4.94. The van der Waals surface area contributed by atoms with Crippen LogP contribution in [0.15, 0.2) is 34.7 Å². The van der Waals surface area contributed by atoms with E-state index in [2.05, 4.69) is 0 Å². The summed E-state index contributed by atoms with van der Waals surface area (Å²) in [7, 11) is -3.81. The summed E-state index contributed by atoms with van der Waals surface area (Å²) < 4.78 is 39.4. The number of nitrogens with zero attached hydrogens (tertiary/aromatic N) is 1. The molecule has 0 unspecified atom stereocenters. The van der Waals surface area contributed by atoms with Gasteiger partial charge in [0, 0.05) is 13.1 Å². The molecular weight excluding hydrogens is 285 g/mol. The lowest BCUT2D eigenvalue weighted by molar-refractivity contribution is 0.0691. The minimum atomic E-state index is -3.81. The second-order valence-corrected chi connectivity index (χ2v) is 6.56. The van der Waals surface area contributed by atoms with E-state index in [0.717, 1.165) is 23.8 Å². The van der Waals surface area contributed by atoms with Crippen molar-refractivity contribution in [1.82, 2.24) is 4.31 Å². The average Bonchev–Trinajstić information content (AvgIpc) is 2.38. The Morgan fingerprint density at radius 3 is 2.70 bits per heavy atom. The quantitative estimate of drug-likeness (QED) is 0.865. The van der Waals surface area contributed by atoms with Crippen molar-refractivity contribution in [3.8, 4) is 0 Å². The monoisotopic (exact) mass is 299 g/mol. The number of hydrogen-bond donors (Lipinski definition) is 1. The van der Waals surface area contributed by atoms with Gasteiger partial charge < -0.3 is 5.11 Å². The molecule has 0 aromatic heterocycles. The summed E-state index contributed by atoms with van der Waals surface area (Å²) in [6.45, 7) is 2.43. The SMILES string of the molecule is CC1=CCCN(S(=O)(=O)c2ccc(F)c(C(=O)O)c2)C1. The van der Waals surface area contributed by atoms with Crippen molar-refractivity contribution in [3.63, 3.8) is 0 Å². The molecule has 0 fully saturated rings. The number of sulfonamides is 1. The van der Waals surface area contributed by atoms with Crippen LogP contribution in [0.5, 0.6) is 0 Å². The van der Waals surface area contributed by atoms with Crippen LogP contribution < -0.4 is 0 Å². The zero-order valence-corrected chi connectivity index (χ0v) is 11.7. The molecule has 2 rings (SSSR count). The van der Waals surface area contributed by atoms with Crippen LogP contribution in [0.25, 0.3) is 0 Å². The Kier molecular flexibility index (Phi) is 3.92. The molecule has 20 heavy (non-hydrogen) atoms. The first-order valence-corrected chi connectivity index (χ1v) is 7.45. The van der Waals surface area contributed by atoms with Gasteiger partial charge in [0.05, 0.1) is 10.5 Å². The number of benzene rings is 1. The first-order valence-electron chi connectivity index (χ1n) is 6.01. The number of carbonyl (C=O) groups is 1. The Morgan fingerprint density at radius 1 is 1.40 bits per heavy atom. The molecule has 1 aliphatic rings. The fraction of sp³-hybridized carbons (Fsp3) is 0.308.